The summed E-state index contributed by atoms with van der Waals surface area (Å²) in [6.45, 7) is 1.99. The van der Waals surface area contributed by atoms with Crippen molar-refractivity contribution < 1.29 is 4.39 Å². The number of hydrogen-bond donors (Lipinski definition) is 1. The summed E-state index contributed by atoms with van der Waals surface area (Å²) in [4.78, 5) is 0. The lowest BCUT2D eigenvalue weighted by atomic mass is 9.97. The molecule has 3 heteroatoms. The zero-order chi connectivity index (χ0) is 13.8. The third kappa shape index (κ3) is 3.55. The summed E-state index contributed by atoms with van der Waals surface area (Å²) in [6, 6.07) is 12.9. The van der Waals surface area contributed by atoms with E-state index in [4.69, 9.17) is 11.6 Å². The Hall–Kier alpha value is -1.38. The Morgan fingerprint density at radius 2 is 2.00 bits per heavy atom. The van der Waals surface area contributed by atoms with Gasteiger partial charge in [-0.1, -0.05) is 35.9 Å². The van der Waals surface area contributed by atoms with Crippen LogP contribution in [0.15, 0.2) is 42.5 Å². The van der Waals surface area contributed by atoms with Crippen LogP contribution in [0.2, 0.25) is 5.02 Å². The second-order valence-corrected chi connectivity index (χ2v) is 5.09. The smallest absolute Gasteiger partial charge is 0.123 e. The van der Waals surface area contributed by atoms with E-state index >= 15 is 0 Å². The van der Waals surface area contributed by atoms with Crippen molar-refractivity contribution in [2.45, 2.75) is 19.4 Å². The SMILES string of the molecule is CNC(Cc1cccc(F)c1)c1ccc(Cl)c(C)c1. The molecule has 0 fully saturated rings. The van der Waals surface area contributed by atoms with Crippen molar-refractivity contribution in [1.82, 2.24) is 5.32 Å². The number of likely N-dealkylation sites (N-methyl/N-ethyl adjacent to an activating group) is 1. The Kier molecular flexibility index (Phi) is 4.56. The maximum Gasteiger partial charge on any atom is 0.123 e. The number of hydrogen-bond acceptors (Lipinski definition) is 1. The lowest BCUT2D eigenvalue weighted by Crippen LogP contribution is -2.19. The average molecular weight is 278 g/mol. The maximum absolute atomic E-state index is 13.2. The minimum Gasteiger partial charge on any atom is -0.313 e. The average Bonchev–Trinajstić information content (AvgIpc) is 2.39. The number of aryl methyl sites for hydroxylation is 1. The molecular formula is C16H17ClFN. The molecule has 2 aromatic rings. The lowest BCUT2D eigenvalue weighted by molar-refractivity contribution is 0.584. The first-order valence-electron chi connectivity index (χ1n) is 6.28. The zero-order valence-electron chi connectivity index (χ0n) is 11.1. The Morgan fingerprint density at radius 3 is 2.63 bits per heavy atom. The fourth-order valence-electron chi connectivity index (χ4n) is 2.17. The second kappa shape index (κ2) is 6.18. The van der Waals surface area contributed by atoms with Crippen LogP contribution in [-0.2, 0) is 6.42 Å². The van der Waals surface area contributed by atoms with Gasteiger partial charge in [-0.15, -0.1) is 0 Å². The van der Waals surface area contributed by atoms with Gasteiger partial charge < -0.3 is 5.32 Å². The van der Waals surface area contributed by atoms with Gasteiger partial charge in [0.1, 0.15) is 5.82 Å². The Morgan fingerprint density at radius 1 is 1.21 bits per heavy atom. The maximum atomic E-state index is 13.2. The van der Waals surface area contributed by atoms with Gasteiger partial charge in [-0.05, 0) is 55.3 Å². The molecule has 1 atom stereocenters. The van der Waals surface area contributed by atoms with Crippen LogP contribution in [0.3, 0.4) is 0 Å². The molecule has 0 saturated heterocycles. The number of nitrogens with one attached hydrogen (secondary N) is 1. The van der Waals surface area contributed by atoms with Gasteiger partial charge in [-0.3, -0.25) is 0 Å². The molecule has 1 nitrogen and oxygen atoms in total. The lowest BCUT2D eigenvalue weighted by Gasteiger charge is -2.18. The molecule has 0 heterocycles. The van der Waals surface area contributed by atoms with Crippen LogP contribution >= 0.6 is 11.6 Å². The van der Waals surface area contributed by atoms with E-state index < -0.39 is 0 Å². The molecule has 1 N–H and O–H groups in total. The first-order valence-corrected chi connectivity index (χ1v) is 6.65. The Labute approximate surface area is 118 Å². The molecule has 0 radical (unpaired) electrons. The first-order chi connectivity index (χ1) is 9.10. The van der Waals surface area contributed by atoms with E-state index in [9.17, 15) is 4.39 Å². The van der Waals surface area contributed by atoms with Crippen molar-refractivity contribution in [3.05, 3.63) is 70.0 Å². The molecule has 0 aliphatic heterocycles. The molecule has 19 heavy (non-hydrogen) atoms. The summed E-state index contributed by atoms with van der Waals surface area (Å²) in [5, 5.41) is 4.04. The van der Waals surface area contributed by atoms with Crippen LogP contribution < -0.4 is 5.32 Å². The first kappa shape index (κ1) is 14.0. The highest BCUT2D eigenvalue weighted by Gasteiger charge is 2.11. The third-order valence-electron chi connectivity index (χ3n) is 3.26. The van der Waals surface area contributed by atoms with Crippen molar-refractivity contribution in [2.24, 2.45) is 0 Å². The van der Waals surface area contributed by atoms with Gasteiger partial charge in [0.2, 0.25) is 0 Å². The number of halogens is 2. The van der Waals surface area contributed by atoms with Gasteiger partial charge in [-0.2, -0.15) is 0 Å². The van der Waals surface area contributed by atoms with Crippen LogP contribution in [0, 0.1) is 12.7 Å². The second-order valence-electron chi connectivity index (χ2n) is 4.68. The summed E-state index contributed by atoms with van der Waals surface area (Å²) in [5.41, 5.74) is 3.19. The standard InChI is InChI=1S/C16H17ClFN/c1-11-8-13(6-7-15(11)17)16(19-2)10-12-4-3-5-14(18)9-12/h3-9,16,19H,10H2,1-2H3. The van der Waals surface area contributed by atoms with E-state index in [2.05, 4.69) is 11.4 Å². The van der Waals surface area contributed by atoms with Gasteiger partial charge in [0.15, 0.2) is 0 Å². The molecule has 0 bridgehead atoms. The van der Waals surface area contributed by atoms with Gasteiger partial charge in [0, 0.05) is 11.1 Å². The van der Waals surface area contributed by atoms with E-state index in [1.807, 2.05) is 32.2 Å². The zero-order valence-corrected chi connectivity index (χ0v) is 11.8. The summed E-state index contributed by atoms with van der Waals surface area (Å²) >= 11 is 6.04. The quantitative estimate of drug-likeness (QED) is 0.879. The van der Waals surface area contributed by atoms with Crippen molar-refractivity contribution in [3.8, 4) is 0 Å². The predicted octanol–water partition coefficient (Wildman–Crippen LogP) is 4.29. The van der Waals surface area contributed by atoms with Crippen molar-refractivity contribution in [2.75, 3.05) is 7.05 Å². The Balaban J connectivity index is 2.22. The molecular weight excluding hydrogens is 261 g/mol. The van der Waals surface area contributed by atoms with Crippen LogP contribution in [-0.4, -0.2) is 7.05 Å². The van der Waals surface area contributed by atoms with Crippen LogP contribution in [0.25, 0.3) is 0 Å². The topological polar surface area (TPSA) is 12.0 Å². The number of rotatable bonds is 4. The van der Waals surface area contributed by atoms with Gasteiger partial charge in [0.25, 0.3) is 0 Å². The highest BCUT2D eigenvalue weighted by molar-refractivity contribution is 6.31. The van der Waals surface area contributed by atoms with E-state index in [0.29, 0.717) is 0 Å². The molecule has 1 unspecified atom stereocenters. The van der Waals surface area contributed by atoms with E-state index in [1.54, 1.807) is 12.1 Å². The van der Waals surface area contributed by atoms with Crippen molar-refractivity contribution in [1.29, 1.82) is 0 Å². The molecule has 0 saturated carbocycles. The molecule has 0 spiro atoms. The van der Waals surface area contributed by atoms with Gasteiger partial charge >= 0.3 is 0 Å². The predicted molar refractivity (Wildman–Crippen MR) is 78.1 cm³/mol. The highest BCUT2D eigenvalue weighted by atomic mass is 35.5. The van der Waals surface area contributed by atoms with Crippen LogP contribution in [0.4, 0.5) is 4.39 Å². The molecule has 0 amide bonds. The highest BCUT2D eigenvalue weighted by Crippen LogP contribution is 2.23. The van der Waals surface area contributed by atoms with Crippen molar-refractivity contribution in [3.63, 3.8) is 0 Å². The third-order valence-corrected chi connectivity index (χ3v) is 3.69. The summed E-state index contributed by atoms with van der Waals surface area (Å²) < 4.78 is 13.2. The number of benzene rings is 2. The minimum atomic E-state index is -0.195. The van der Waals surface area contributed by atoms with Gasteiger partial charge in [0.05, 0.1) is 0 Å². The van der Waals surface area contributed by atoms with Crippen LogP contribution in [0.5, 0.6) is 0 Å². The summed E-state index contributed by atoms with van der Waals surface area (Å²) in [6.07, 6.45) is 0.745. The fourth-order valence-corrected chi connectivity index (χ4v) is 2.29. The molecule has 0 aliphatic rings. The fraction of sp³-hybridized carbons (Fsp3) is 0.250. The Bertz CT molecular complexity index is 568. The molecule has 2 aromatic carbocycles. The molecule has 0 aliphatic carbocycles. The molecule has 100 valence electrons. The normalized spacial score (nSPS) is 12.4. The molecule has 0 aromatic heterocycles. The van der Waals surface area contributed by atoms with Gasteiger partial charge in [-0.25, -0.2) is 4.39 Å². The largest absolute Gasteiger partial charge is 0.313 e. The molecule has 2 rings (SSSR count). The van der Waals surface area contributed by atoms with E-state index in [1.165, 1.54) is 6.07 Å². The van der Waals surface area contributed by atoms with Crippen LogP contribution in [0.1, 0.15) is 22.7 Å². The summed E-state index contributed by atoms with van der Waals surface area (Å²) in [5.74, 6) is -0.195. The van der Waals surface area contributed by atoms with Crippen molar-refractivity contribution >= 4 is 11.6 Å². The monoisotopic (exact) mass is 277 g/mol. The minimum absolute atomic E-state index is 0.151. The van der Waals surface area contributed by atoms with E-state index in [-0.39, 0.29) is 11.9 Å². The van der Waals surface area contributed by atoms with E-state index in [0.717, 1.165) is 28.1 Å². The summed E-state index contributed by atoms with van der Waals surface area (Å²) in [7, 11) is 1.91.